The van der Waals surface area contributed by atoms with Gasteiger partial charge in [-0.05, 0) is 47.0 Å². The van der Waals surface area contributed by atoms with E-state index >= 15 is 0 Å². The molecule has 0 atom stereocenters. The minimum absolute atomic E-state index is 0.312. The third-order valence-corrected chi connectivity index (χ3v) is 5.72. The van der Waals surface area contributed by atoms with Crippen LogP contribution in [-0.4, -0.2) is 34.2 Å². The predicted octanol–water partition coefficient (Wildman–Crippen LogP) is 3.24. The number of fused-ring (bicyclic) bond motifs is 1. The highest BCUT2D eigenvalue weighted by Crippen LogP contribution is 2.30. The highest BCUT2D eigenvalue weighted by Gasteiger charge is 2.24. The van der Waals surface area contributed by atoms with Crippen molar-refractivity contribution in [1.29, 1.82) is 0 Å². The first kappa shape index (κ1) is 20.7. The number of ether oxygens (including phenoxy) is 1. The second kappa shape index (κ2) is 8.53. The molecule has 0 saturated heterocycles. The van der Waals surface area contributed by atoms with Gasteiger partial charge in [0.1, 0.15) is 12.3 Å². The zero-order valence-corrected chi connectivity index (χ0v) is 17.5. The van der Waals surface area contributed by atoms with E-state index in [-0.39, 0.29) is 6.54 Å². The van der Waals surface area contributed by atoms with Crippen LogP contribution >= 0.6 is 0 Å². The van der Waals surface area contributed by atoms with Gasteiger partial charge in [0, 0.05) is 6.54 Å². The molecule has 0 aliphatic carbocycles. The zero-order chi connectivity index (χ0) is 21.0. The predicted molar refractivity (Wildman–Crippen MR) is 116 cm³/mol. The van der Waals surface area contributed by atoms with Crippen LogP contribution in [0.4, 0.5) is 5.69 Å². The van der Waals surface area contributed by atoms with Crippen LogP contribution in [0.15, 0.2) is 60.7 Å². The van der Waals surface area contributed by atoms with Crippen LogP contribution in [0.1, 0.15) is 11.1 Å². The van der Waals surface area contributed by atoms with Gasteiger partial charge in [0.05, 0.1) is 19.1 Å². The lowest BCUT2D eigenvalue weighted by atomic mass is 10.1. The highest BCUT2D eigenvalue weighted by atomic mass is 32.2. The summed E-state index contributed by atoms with van der Waals surface area (Å²) in [5.74, 6) is -0.00417. The van der Waals surface area contributed by atoms with E-state index < -0.39 is 15.9 Å². The minimum Gasteiger partial charge on any atom is -0.495 e. The number of anilines is 1. The minimum atomic E-state index is -3.68. The van der Waals surface area contributed by atoms with Gasteiger partial charge in [-0.3, -0.25) is 9.10 Å². The Balaban J connectivity index is 1.76. The van der Waals surface area contributed by atoms with E-state index in [1.807, 2.05) is 55.5 Å². The normalized spacial score (nSPS) is 11.3. The van der Waals surface area contributed by atoms with Crippen LogP contribution in [0.2, 0.25) is 0 Å². The molecule has 0 saturated carbocycles. The molecule has 3 aromatic carbocycles. The molecule has 0 radical (unpaired) electrons. The van der Waals surface area contributed by atoms with E-state index in [9.17, 15) is 13.2 Å². The largest absolute Gasteiger partial charge is 0.495 e. The molecule has 0 heterocycles. The van der Waals surface area contributed by atoms with Crippen molar-refractivity contribution in [2.75, 3.05) is 24.2 Å². The molecule has 1 amide bonds. The molecule has 0 unspecified atom stereocenters. The molecule has 3 aromatic rings. The molecule has 0 aromatic heterocycles. The summed E-state index contributed by atoms with van der Waals surface area (Å²) in [7, 11) is -2.21. The average Bonchev–Trinajstić information content (AvgIpc) is 2.69. The highest BCUT2D eigenvalue weighted by molar-refractivity contribution is 7.92. The fourth-order valence-electron chi connectivity index (χ4n) is 3.11. The molecule has 0 bridgehead atoms. The average molecular weight is 413 g/mol. The molecule has 1 N–H and O–H groups in total. The Morgan fingerprint density at radius 1 is 1.03 bits per heavy atom. The van der Waals surface area contributed by atoms with Crippen molar-refractivity contribution in [1.82, 2.24) is 5.32 Å². The van der Waals surface area contributed by atoms with Crippen molar-refractivity contribution < 1.29 is 17.9 Å². The van der Waals surface area contributed by atoms with Crippen LogP contribution in [-0.2, 0) is 21.4 Å². The Morgan fingerprint density at radius 3 is 2.45 bits per heavy atom. The molecule has 0 spiro atoms. The first-order valence-corrected chi connectivity index (χ1v) is 11.0. The summed E-state index contributed by atoms with van der Waals surface area (Å²) >= 11 is 0. The quantitative estimate of drug-likeness (QED) is 0.646. The summed E-state index contributed by atoms with van der Waals surface area (Å²) in [6.07, 6.45) is 1.07. The number of hydrogen-bond acceptors (Lipinski definition) is 4. The Bertz CT molecular complexity index is 1140. The number of sulfonamides is 1. The molecular weight excluding hydrogens is 388 g/mol. The van der Waals surface area contributed by atoms with Crippen LogP contribution in [0.3, 0.4) is 0 Å². The van der Waals surface area contributed by atoms with Crippen molar-refractivity contribution in [3.05, 3.63) is 71.8 Å². The van der Waals surface area contributed by atoms with Gasteiger partial charge >= 0.3 is 0 Å². The molecule has 6 nitrogen and oxygen atoms in total. The molecule has 0 fully saturated rings. The second-order valence-corrected chi connectivity index (χ2v) is 8.81. The van der Waals surface area contributed by atoms with Gasteiger partial charge < -0.3 is 10.1 Å². The van der Waals surface area contributed by atoms with Crippen molar-refractivity contribution in [2.24, 2.45) is 0 Å². The number of nitrogens with one attached hydrogen (secondary N) is 1. The number of nitrogens with zero attached hydrogens (tertiary/aromatic N) is 1. The van der Waals surface area contributed by atoms with Crippen molar-refractivity contribution in [3.63, 3.8) is 0 Å². The first-order chi connectivity index (χ1) is 13.8. The van der Waals surface area contributed by atoms with Gasteiger partial charge in [0.2, 0.25) is 15.9 Å². The number of carbonyl (C=O) groups is 1. The maximum Gasteiger partial charge on any atom is 0.241 e. The first-order valence-electron chi connectivity index (χ1n) is 9.14. The molecule has 29 heavy (non-hydrogen) atoms. The van der Waals surface area contributed by atoms with Crippen molar-refractivity contribution in [2.45, 2.75) is 13.5 Å². The van der Waals surface area contributed by atoms with Crippen LogP contribution in [0.25, 0.3) is 10.8 Å². The molecule has 7 heteroatoms. The fraction of sp³-hybridized carbons (Fsp3) is 0.227. The maximum absolute atomic E-state index is 12.5. The Hall–Kier alpha value is -3.06. The summed E-state index contributed by atoms with van der Waals surface area (Å²) < 4.78 is 31.1. The molecule has 3 rings (SSSR count). The van der Waals surface area contributed by atoms with Crippen molar-refractivity contribution in [3.8, 4) is 5.75 Å². The van der Waals surface area contributed by atoms with E-state index in [0.717, 1.165) is 32.5 Å². The smallest absolute Gasteiger partial charge is 0.241 e. The van der Waals surface area contributed by atoms with Gasteiger partial charge in [0.15, 0.2) is 0 Å². The summed E-state index contributed by atoms with van der Waals surface area (Å²) in [6, 6.07) is 19.1. The van der Waals surface area contributed by atoms with E-state index in [0.29, 0.717) is 18.0 Å². The van der Waals surface area contributed by atoms with Gasteiger partial charge in [-0.2, -0.15) is 0 Å². The van der Waals surface area contributed by atoms with Gasteiger partial charge in [-0.15, -0.1) is 0 Å². The lowest BCUT2D eigenvalue weighted by Crippen LogP contribution is -2.40. The monoisotopic (exact) mass is 412 g/mol. The lowest BCUT2D eigenvalue weighted by Gasteiger charge is -2.24. The number of hydrogen-bond donors (Lipinski definition) is 1. The summed E-state index contributed by atoms with van der Waals surface area (Å²) in [4.78, 5) is 12.5. The SMILES string of the molecule is COc1ccc(C)cc1N(CC(=O)NCc1ccc2ccccc2c1)S(C)(=O)=O. The number of rotatable bonds is 7. The Kier molecular flexibility index (Phi) is 6.08. The number of aryl methyl sites for hydroxylation is 1. The van der Waals surface area contributed by atoms with Gasteiger partial charge in [-0.25, -0.2) is 8.42 Å². The van der Waals surface area contributed by atoms with Crippen LogP contribution < -0.4 is 14.4 Å². The summed E-state index contributed by atoms with van der Waals surface area (Å²) in [6.45, 7) is 1.83. The second-order valence-electron chi connectivity index (χ2n) is 6.90. The molecule has 152 valence electrons. The fourth-order valence-corrected chi connectivity index (χ4v) is 3.96. The van der Waals surface area contributed by atoms with Gasteiger partial charge in [-0.1, -0.05) is 42.5 Å². The topological polar surface area (TPSA) is 75.7 Å². The number of methoxy groups -OCH3 is 1. The summed E-state index contributed by atoms with van der Waals surface area (Å²) in [5, 5.41) is 5.01. The maximum atomic E-state index is 12.5. The zero-order valence-electron chi connectivity index (χ0n) is 16.7. The van der Waals surface area contributed by atoms with Crippen LogP contribution in [0, 0.1) is 6.92 Å². The number of carbonyl (C=O) groups excluding carboxylic acids is 1. The van der Waals surface area contributed by atoms with E-state index in [4.69, 9.17) is 4.74 Å². The Morgan fingerprint density at radius 2 is 1.76 bits per heavy atom. The van der Waals surface area contributed by atoms with Crippen LogP contribution in [0.5, 0.6) is 5.75 Å². The van der Waals surface area contributed by atoms with E-state index in [1.54, 1.807) is 12.1 Å². The van der Waals surface area contributed by atoms with E-state index in [2.05, 4.69) is 5.32 Å². The van der Waals surface area contributed by atoms with Crippen molar-refractivity contribution >= 4 is 32.4 Å². The third-order valence-electron chi connectivity index (χ3n) is 4.59. The standard InChI is InChI=1S/C22H24N2O4S/c1-16-8-11-21(28-2)20(12-16)24(29(3,26)27)15-22(25)23-14-17-9-10-18-6-4-5-7-19(18)13-17/h4-13H,14-15H2,1-3H3,(H,23,25). The molecule has 0 aliphatic heterocycles. The molecular formula is C22H24N2O4S. The lowest BCUT2D eigenvalue weighted by molar-refractivity contribution is -0.119. The van der Waals surface area contributed by atoms with Gasteiger partial charge in [0.25, 0.3) is 0 Å². The number of amides is 1. The molecule has 0 aliphatic rings. The van der Waals surface area contributed by atoms with E-state index in [1.165, 1.54) is 7.11 Å². The summed E-state index contributed by atoms with van der Waals surface area (Å²) in [5.41, 5.74) is 2.15. The Labute approximate surface area is 171 Å². The third kappa shape index (κ3) is 5.06. The number of benzene rings is 3.